The summed E-state index contributed by atoms with van der Waals surface area (Å²) in [6.45, 7) is 4.22. The van der Waals surface area contributed by atoms with Crippen LogP contribution in [-0.2, 0) is 5.41 Å². The Morgan fingerprint density at radius 3 is 1.48 bits per heavy atom. The maximum atomic E-state index is 5.20. The molecule has 1 aromatic heterocycles. The highest BCUT2D eigenvalue weighted by Crippen LogP contribution is 2.69. The van der Waals surface area contributed by atoms with E-state index in [9.17, 15) is 0 Å². The Morgan fingerprint density at radius 1 is 0.389 bits per heavy atom. The van der Waals surface area contributed by atoms with Crippen LogP contribution in [-0.4, -0.2) is 15.0 Å². The van der Waals surface area contributed by atoms with Crippen molar-refractivity contribution < 1.29 is 0 Å². The Morgan fingerprint density at radius 2 is 0.870 bits per heavy atom. The molecule has 4 bridgehead atoms. The third-order valence-corrected chi connectivity index (χ3v) is 13.4. The van der Waals surface area contributed by atoms with E-state index < -0.39 is 0 Å². The minimum absolute atomic E-state index is 0.120. The molecule has 262 valence electrons. The third kappa shape index (κ3) is 4.98. The van der Waals surface area contributed by atoms with Gasteiger partial charge in [0.05, 0.1) is 0 Å². The normalized spacial score (nSPS) is 23.1. The van der Waals surface area contributed by atoms with Crippen molar-refractivity contribution in [2.45, 2.75) is 51.4 Å². The van der Waals surface area contributed by atoms with Crippen LogP contribution in [0.1, 0.15) is 54.4 Å². The van der Waals surface area contributed by atoms with Crippen LogP contribution in [0, 0.1) is 37.5 Å². The number of hydrogen-bond donors (Lipinski definition) is 0. The summed E-state index contributed by atoms with van der Waals surface area (Å²) in [6, 6.07) is 51.4. The van der Waals surface area contributed by atoms with Crippen LogP contribution in [0.2, 0.25) is 0 Å². The largest absolute Gasteiger partial charge is 0.208 e. The molecule has 0 saturated heterocycles. The summed E-state index contributed by atoms with van der Waals surface area (Å²) in [4.78, 5) is 15.4. The maximum Gasteiger partial charge on any atom is 0.164 e. The van der Waals surface area contributed by atoms with Crippen LogP contribution in [0.5, 0.6) is 0 Å². The predicted octanol–water partition coefficient (Wildman–Crippen LogP) is 12.5. The van der Waals surface area contributed by atoms with Gasteiger partial charge in [0.1, 0.15) is 0 Å². The summed E-state index contributed by atoms with van der Waals surface area (Å²) in [5.74, 6) is 5.32. The number of benzene rings is 6. The van der Waals surface area contributed by atoms with E-state index in [1.54, 1.807) is 11.1 Å². The van der Waals surface area contributed by atoms with Gasteiger partial charge in [0.15, 0.2) is 17.5 Å². The van der Waals surface area contributed by atoms with Crippen molar-refractivity contribution in [3.8, 4) is 67.5 Å². The number of rotatable bonds is 5. The molecule has 5 aliphatic carbocycles. The summed E-state index contributed by atoms with van der Waals surface area (Å²) in [6.07, 6.45) is 6.98. The Balaban J connectivity index is 1.11. The first-order chi connectivity index (χ1) is 26.5. The molecule has 7 aromatic rings. The number of aromatic nitrogens is 3. The zero-order chi connectivity index (χ0) is 36.0. The molecule has 6 aromatic carbocycles. The van der Waals surface area contributed by atoms with Gasteiger partial charge in [-0.15, -0.1) is 0 Å². The van der Waals surface area contributed by atoms with Gasteiger partial charge < -0.3 is 0 Å². The zero-order valence-electron chi connectivity index (χ0n) is 31.0. The highest BCUT2D eigenvalue weighted by Gasteiger charge is 2.61. The van der Waals surface area contributed by atoms with Crippen molar-refractivity contribution in [2.24, 2.45) is 23.7 Å². The van der Waals surface area contributed by atoms with Crippen LogP contribution < -0.4 is 0 Å². The first-order valence-corrected chi connectivity index (χ1v) is 19.9. The maximum absolute atomic E-state index is 5.20. The molecule has 0 atom stereocenters. The zero-order valence-corrected chi connectivity index (χ0v) is 31.0. The summed E-state index contributed by atoms with van der Waals surface area (Å²) in [7, 11) is 0. The highest BCUT2D eigenvalue weighted by atomic mass is 15.0. The lowest BCUT2D eigenvalue weighted by atomic mass is 9.43. The molecule has 0 unspecified atom stereocenters. The molecular weight excluding hydrogens is 655 g/mol. The van der Waals surface area contributed by atoms with Crippen molar-refractivity contribution in [2.75, 3.05) is 0 Å². The van der Waals surface area contributed by atoms with Crippen molar-refractivity contribution in [1.29, 1.82) is 0 Å². The molecule has 4 fully saturated rings. The average molecular weight is 698 g/mol. The van der Waals surface area contributed by atoms with Crippen LogP contribution >= 0.6 is 0 Å². The van der Waals surface area contributed by atoms with Gasteiger partial charge in [-0.1, -0.05) is 126 Å². The standard InChI is InChI=1S/C51H43N3/c1-31-12-16-36(17-13-31)48-52-49(37-18-14-32(2)15-19-37)54-50(53-48)41-28-39(35-8-4-3-5-9-35)27-40(29-41)38-20-21-45-44-10-6-7-11-46(44)51(47(45)30-38)42-23-33-22-34(25-42)26-43(51)24-33/h3-21,27-30,33-34,42-43H,22-26H2,1-2H3. The Hall–Kier alpha value is -5.67. The molecule has 3 nitrogen and oxygen atoms in total. The van der Waals surface area contributed by atoms with Crippen LogP contribution in [0.3, 0.4) is 0 Å². The molecule has 0 N–H and O–H groups in total. The van der Waals surface area contributed by atoms with E-state index >= 15 is 0 Å². The van der Waals surface area contributed by atoms with Gasteiger partial charge in [0.2, 0.25) is 0 Å². The number of fused-ring (bicyclic) bond motifs is 3. The lowest BCUT2D eigenvalue weighted by Crippen LogP contribution is -2.55. The van der Waals surface area contributed by atoms with Crippen molar-refractivity contribution in [3.63, 3.8) is 0 Å². The fraction of sp³-hybridized carbons (Fsp3) is 0.235. The number of nitrogens with zero attached hydrogens (tertiary/aromatic N) is 3. The lowest BCUT2D eigenvalue weighted by Gasteiger charge is -2.61. The topological polar surface area (TPSA) is 38.7 Å². The Labute approximate surface area is 318 Å². The highest BCUT2D eigenvalue weighted by molar-refractivity contribution is 5.87. The minimum Gasteiger partial charge on any atom is -0.208 e. The van der Waals surface area contributed by atoms with Crippen LogP contribution in [0.15, 0.2) is 140 Å². The van der Waals surface area contributed by atoms with Crippen molar-refractivity contribution in [3.05, 3.63) is 162 Å². The molecule has 12 rings (SSSR count). The second-order valence-corrected chi connectivity index (χ2v) is 16.7. The van der Waals surface area contributed by atoms with Crippen LogP contribution in [0.4, 0.5) is 0 Å². The molecule has 1 spiro atoms. The first-order valence-electron chi connectivity index (χ1n) is 19.9. The average Bonchev–Trinajstić information content (AvgIpc) is 3.50. The number of hydrogen-bond acceptors (Lipinski definition) is 3. The molecule has 0 amide bonds. The predicted molar refractivity (Wildman–Crippen MR) is 220 cm³/mol. The summed E-state index contributed by atoms with van der Waals surface area (Å²) >= 11 is 0. The van der Waals surface area contributed by atoms with Crippen molar-refractivity contribution >= 4 is 0 Å². The molecule has 5 aliphatic rings. The van der Waals surface area contributed by atoms with E-state index in [4.69, 9.17) is 15.0 Å². The lowest BCUT2D eigenvalue weighted by molar-refractivity contribution is -0.0399. The smallest absolute Gasteiger partial charge is 0.164 e. The van der Waals surface area contributed by atoms with Gasteiger partial charge in [-0.25, -0.2) is 15.0 Å². The van der Waals surface area contributed by atoms with Gasteiger partial charge in [-0.3, -0.25) is 0 Å². The first kappa shape index (κ1) is 31.8. The molecule has 0 radical (unpaired) electrons. The van der Waals surface area contributed by atoms with E-state index in [0.29, 0.717) is 17.5 Å². The van der Waals surface area contributed by atoms with E-state index in [0.717, 1.165) is 45.9 Å². The van der Waals surface area contributed by atoms with E-state index in [1.165, 1.54) is 71.0 Å². The number of aryl methyl sites for hydroxylation is 2. The molecular formula is C51H43N3. The summed E-state index contributed by atoms with van der Waals surface area (Å²) < 4.78 is 0. The second kappa shape index (κ2) is 12.2. The van der Waals surface area contributed by atoms with Gasteiger partial charge in [-0.2, -0.15) is 0 Å². The van der Waals surface area contributed by atoms with Crippen LogP contribution in [0.25, 0.3) is 67.5 Å². The quantitative estimate of drug-likeness (QED) is 0.180. The van der Waals surface area contributed by atoms with Gasteiger partial charge in [-0.05, 0) is 138 Å². The van der Waals surface area contributed by atoms with Gasteiger partial charge >= 0.3 is 0 Å². The van der Waals surface area contributed by atoms with E-state index in [2.05, 4.69) is 153 Å². The molecule has 4 saturated carbocycles. The molecule has 3 heteroatoms. The molecule has 0 aliphatic heterocycles. The fourth-order valence-electron chi connectivity index (χ4n) is 11.2. The fourth-order valence-corrected chi connectivity index (χ4v) is 11.2. The Bertz CT molecular complexity index is 2480. The summed E-state index contributed by atoms with van der Waals surface area (Å²) in [5.41, 5.74) is 16.4. The van der Waals surface area contributed by atoms with E-state index in [1.807, 2.05) is 0 Å². The van der Waals surface area contributed by atoms with E-state index in [-0.39, 0.29) is 5.41 Å². The summed E-state index contributed by atoms with van der Waals surface area (Å²) in [5, 5.41) is 0. The van der Waals surface area contributed by atoms with Gasteiger partial charge in [0, 0.05) is 22.1 Å². The Kier molecular flexibility index (Phi) is 7.18. The SMILES string of the molecule is Cc1ccc(-c2nc(-c3ccc(C)cc3)nc(-c3cc(-c4ccccc4)cc(-c4ccc5c(c4)C4(c6ccccc6-5)C5CC6CC(C5)CC4C6)c3)n2)cc1. The molecule has 54 heavy (non-hydrogen) atoms. The third-order valence-electron chi connectivity index (χ3n) is 13.4. The minimum atomic E-state index is 0.120. The van der Waals surface area contributed by atoms with Gasteiger partial charge in [0.25, 0.3) is 0 Å². The second-order valence-electron chi connectivity index (χ2n) is 16.7. The monoisotopic (exact) mass is 697 g/mol. The molecule has 1 heterocycles. The van der Waals surface area contributed by atoms with Crippen molar-refractivity contribution in [1.82, 2.24) is 15.0 Å².